The first kappa shape index (κ1) is 37.4. The molecule has 2 aromatic carbocycles. The van der Waals surface area contributed by atoms with Crippen molar-refractivity contribution in [3.05, 3.63) is 88.5 Å². The van der Waals surface area contributed by atoms with Gasteiger partial charge in [0, 0.05) is 5.41 Å². The number of aromatic hydroxyl groups is 1. The van der Waals surface area contributed by atoms with Crippen LogP contribution in [0.4, 0.5) is 0 Å². The first-order valence-electron chi connectivity index (χ1n) is 19.6. The molecule has 0 amide bonds. The molecular formula is C44H62O5. The first-order valence-corrected chi connectivity index (χ1v) is 19.6. The van der Waals surface area contributed by atoms with E-state index in [4.69, 9.17) is 0 Å². The molecule has 1 saturated carbocycles. The van der Waals surface area contributed by atoms with Crippen LogP contribution in [0.2, 0.25) is 0 Å². The van der Waals surface area contributed by atoms with Gasteiger partial charge >= 0.3 is 5.97 Å². The van der Waals surface area contributed by atoms with E-state index in [9.17, 15) is 25.2 Å². The lowest BCUT2D eigenvalue weighted by Crippen LogP contribution is -2.45. The van der Waals surface area contributed by atoms with Crippen LogP contribution in [0.3, 0.4) is 0 Å². The normalized spacial score (nSPS) is 27.4. The second-order valence-corrected chi connectivity index (χ2v) is 15.6. The third kappa shape index (κ3) is 9.88. The molecule has 3 aliphatic carbocycles. The van der Waals surface area contributed by atoms with E-state index in [1.807, 2.05) is 6.07 Å². The highest BCUT2D eigenvalue weighted by molar-refractivity contribution is 5.73. The summed E-state index contributed by atoms with van der Waals surface area (Å²) < 4.78 is 0. The Morgan fingerprint density at radius 1 is 0.939 bits per heavy atom. The summed E-state index contributed by atoms with van der Waals surface area (Å²) in [5, 5.41) is 41.7. The van der Waals surface area contributed by atoms with Gasteiger partial charge in [0.05, 0.1) is 18.6 Å². The molecule has 5 heteroatoms. The monoisotopic (exact) mass is 670 g/mol. The van der Waals surface area contributed by atoms with Gasteiger partial charge in [-0.05, 0) is 135 Å². The number of carboxylic acid groups (broad SMARTS) is 1. The molecule has 0 heterocycles. The van der Waals surface area contributed by atoms with Crippen LogP contribution in [0.1, 0.15) is 144 Å². The van der Waals surface area contributed by atoms with Crippen molar-refractivity contribution in [1.29, 1.82) is 0 Å². The molecule has 0 saturated heterocycles. The van der Waals surface area contributed by atoms with Crippen LogP contribution in [-0.2, 0) is 23.1 Å². The summed E-state index contributed by atoms with van der Waals surface area (Å²) >= 11 is 0. The summed E-state index contributed by atoms with van der Waals surface area (Å²) in [4.78, 5) is 12.9. The van der Waals surface area contributed by atoms with Gasteiger partial charge in [-0.2, -0.15) is 0 Å². The maximum absolute atomic E-state index is 12.9. The third-order valence-electron chi connectivity index (χ3n) is 12.2. The van der Waals surface area contributed by atoms with Gasteiger partial charge in [-0.3, -0.25) is 4.79 Å². The summed E-state index contributed by atoms with van der Waals surface area (Å²) in [6.07, 6.45) is 24.9. The van der Waals surface area contributed by atoms with E-state index >= 15 is 0 Å². The molecule has 49 heavy (non-hydrogen) atoms. The topological polar surface area (TPSA) is 98.0 Å². The summed E-state index contributed by atoms with van der Waals surface area (Å²) in [7, 11) is 0. The fourth-order valence-electron chi connectivity index (χ4n) is 9.42. The Morgan fingerprint density at radius 3 is 2.51 bits per heavy atom. The minimum atomic E-state index is -0.768. The maximum Gasteiger partial charge on any atom is 0.307 e. The number of unbranched alkanes of at least 4 members (excludes halogenated alkanes) is 5. The zero-order valence-electron chi connectivity index (χ0n) is 30.0. The van der Waals surface area contributed by atoms with Crippen molar-refractivity contribution in [2.75, 3.05) is 6.61 Å². The highest BCUT2D eigenvalue weighted by atomic mass is 16.4. The van der Waals surface area contributed by atoms with Crippen LogP contribution in [0.5, 0.6) is 5.75 Å². The minimum Gasteiger partial charge on any atom is -0.508 e. The second-order valence-electron chi connectivity index (χ2n) is 15.6. The van der Waals surface area contributed by atoms with Crippen molar-refractivity contribution in [3.8, 4) is 5.75 Å². The Labute approximate surface area is 295 Å². The average molecular weight is 671 g/mol. The number of fused-ring (bicyclic) bond motifs is 3. The molecule has 5 rings (SSSR count). The molecule has 2 bridgehead atoms. The first-order chi connectivity index (χ1) is 23.8. The van der Waals surface area contributed by atoms with Crippen molar-refractivity contribution in [3.63, 3.8) is 0 Å². The number of phenols is 1. The second kappa shape index (κ2) is 18.4. The van der Waals surface area contributed by atoms with Crippen LogP contribution in [0, 0.1) is 17.8 Å². The van der Waals surface area contributed by atoms with E-state index in [0.717, 1.165) is 88.2 Å². The number of phenolic OH excluding ortho intramolecular Hbond substituents is 1. The van der Waals surface area contributed by atoms with Gasteiger partial charge in [0.2, 0.25) is 0 Å². The van der Waals surface area contributed by atoms with Gasteiger partial charge in [0.25, 0.3) is 0 Å². The van der Waals surface area contributed by atoms with E-state index in [-0.39, 0.29) is 12.5 Å². The Bertz CT molecular complexity index is 1410. The van der Waals surface area contributed by atoms with E-state index < -0.39 is 23.4 Å². The van der Waals surface area contributed by atoms with E-state index in [1.165, 1.54) is 48.8 Å². The Kier molecular flexibility index (Phi) is 14.0. The molecular weight excluding hydrogens is 608 g/mol. The van der Waals surface area contributed by atoms with Gasteiger partial charge in [0.1, 0.15) is 5.75 Å². The molecule has 268 valence electrons. The van der Waals surface area contributed by atoms with Crippen LogP contribution in [0.25, 0.3) is 0 Å². The minimum absolute atomic E-state index is 0.208. The smallest absolute Gasteiger partial charge is 0.307 e. The van der Waals surface area contributed by atoms with Gasteiger partial charge in [-0.25, -0.2) is 0 Å². The summed E-state index contributed by atoms with van der Waals surface area (Å²) in [6, 6.07) is 15.0. The molecule has 1 spiro atoms. The number of rotatable bonds is 14. The van der Waals surface area contributed by atoms with Crippen molar-refractivity contribution in [2.45, 2.75) is 146 Å². The lowest BCUT2D eigenvalue weighted by Gasteiger charge is -2.44. The molecule has 0 radical (unpaired) electrons. The van der Waals surface area contributed by atoms with E-state index in [2.05, 4.69) is 61.5 Å². The lowest BCUT2D eigenvalue weighted by atomic mass is 9.60. The number of benzene rings is 2. The summed E-state index contributed by atoms with van der Waals surface area (Å²) in [5.41, 5.74) is 5.26. The van der Waals surface area contributed by atoms with Crippen molar-refractivity contribution in [1.82, 2.24) is 0 Å². The number of carboxylic acids is 1. The molecule has 4 N–H and O–H groups in total. The molecule has 6 unspecified atom stereocenters. The SMILES string of the molecule is CCCCCc1cc(C2Cc3cccc(c3)C3(CCCC(O)C3)C(C(=O)O)CC=CCC2CCCCCCC2C=C(CO)CC2)ccc1O. The van der Waals surface area contributed by atoms with Crippen LogP contribution in [0.15, 0.2) is 66.3 Å². The molecule has 0 aromatic heterocycles. The molecule has 3 aliphatic rings. The van der Waals surface area contributed by atoms with Gasteiger partial charge in [-0.15, -0.1) is 0 Å². The Balaban J connectivity index is 1.41. The largest absolute Gasteiger partial charge is 0.508 e. The zero-order valence-corrected chi connectivity index (χ0v) is 30.0. The van der Waals surface area contributed by atoms with Crippen LogP contribution < -0.4 is 0 Å². The number of hydrogen-bond acceptors (Lipinski definition) is 4. The number of aryl methyl sites for hydroxylation is 1. The number of aliphatic hydroxyl groups excluding tert-OH is 2. The molecule has 6 atom stereocenters. The van der Waals surface area contributed by atoms with Gasteiger partial charge in [0.15, 0.2) is 0 Å². The van der Waals surface area contributed by atoms with E-state index in [0.29, 0.717) is 30.4 Å². The van der Waals surface area contributed by atoms with Crippen molar-refractivity contribution >= 4 is 5.97 Å². The van der Waals surface area contributed by atoms with Crippen LogP contribution >= 0.6 is 0 Å². The number of aliphatic carboxylic acids is 1. The lowest BCUT2D eigenvalue weighted by molar-refractivity contribution is -0.145. The molecule has 2 aromatic rings. The van der Waals surface area contributed by atoms with Crippen molar-refractivity contribution in [2.24, 2.45) is 17.8 Å². The highest BCUT2D eigenvalue weighted by Gasteiger charge is 2.47. The molecule has 1 fully saturated rings. The zero-order chi connectivity index (χ0) is 34.6. The highest BCUT2D eigenvalue weighted by Crippen LogP contribution is 2.48. The number of aliphatic hydroxyl groups is 2. The molecule has 5 nitrogen and oxygen atoms in total. The van der Waals surface area contributed by atoms with E-state index in [1.54, 1.807) is 0 Å². The standard InChI is InChI=1S/C44H62O5/c1-2-3-6-17-37-29-36(23-24-42(37)47)40-28-33-14-11-18-38(27-33)44(25-12-19-39(46)30-44)41(43(48)49)20-10-9-16-35(40)15-8-5-4-7-13-32-21-22-34(26-32)31-45/h9-11,14,18,23-24,26-27,29,32,35,39-41,45-47H,2-8,12-13,15-17,19-22,25,28,30-31H2,1H3,(H,48,49). The number of hydrogen-bond donors (Lipinski definition) is 4. The number of carbonyl (C=O) groups is 1. The van der Waals surface area contributed by atoms with Crippen molar-refractivity contribution < 1.29 is 25.2 Å². The predicted octanol–water partition coefficient (Wildman–Crippen LogP) is 9.96. The van der Waals surface area contributed by atoms with Crippen LogP contribution in [-0.4, -0.2) is 39.1 Å². The van der Waals surface area contributed by atoms with Gasteiger partial charge in [-0.1, -0.05) is 100 Å². The summed E-state index contributed by atoms with van der Waals surface area (Å²) in [5.74, 6) is 0.349. The van der Waals surface area contributed by atoms with Gasteiger partial charge < -0.3 is 20.4 Å². The predicted molar refractivity (Wildman–Crippen MR) is 199 cm³/mol. The fourth-order valence-corrected chi connectivity index (χ4v) is 9.42. The Hall–Kier alpha value is -2.89. The maximum atomic E-state index is 12.9. The fraction of sp³-hybridized carbons (Fsp3) is 0.614. The number of allylic oxidation sites excluding steroid dienone is 3. The Morgan fingerprint density at radius 2 is 1.76 bits per heavy atom. The quantitative estimate of drug-likeness (QED) is 0.118. The third-order valence-corrected chi connectivity index (χ3v) is 12.2. The average Bonchev–Trinajstić information content (AvgIpc) is 3.56. The summed E-state index contributed by atoms with van der Waals surface area (Å²) in [6.45, 7) is 2.42. The molecule has 0 aliphatic heterocycles.